The highest BCUT2D eigenvalue weighted by molar-refractivity contribution is 7.51. The fourth-order valence-corrected chi connectivity index (χ4v) is 4.00. The van der Waals surface area contributed by atoms with E-state index in [0.29, 0.717) is 12.1 Å². The van der Waals surface area contributed by atoms with E-state index < -0.39 is 8.30 Å². The first-order valence-electron chi connectivity index (χ1n) is 5.34. The third kappa shape index (κ3) is 3.84. The second-order valence-corrected chi connectivity index (χ2v) is 7.91. The molecule has 1 atom stereocenters. The standard InChI is InChI=1S/C11H26NOP/c1-9(2)12(10(3)4)14(13-8)11(5,6)7/h9-10H,1-8H3. The highest BCUT2D eigenvalue weighted by Crippen LogP contribution is 2.54. The normalized spacial score (nSPS) is 15.6. The largest absolute Gasteiger partial charge is 0.346 e. The molecule has 0 fully saturated rings. The van der Waals surface area contributed by atoms with Crippen LogP contribution < -0.4 is 0 Å². The van der Waals surface area contributed by atoms with E-state index in [1.807, 2.05) is 7.11 Å². The van der Waals surface area contributed by atoms with E-state index in [2.05, 4.69) is 53.1 Å². The minimum absolute atomic E-state index is 0.221. The topological polar surface area (TPSA) is 12.5 Å². The second-order valence-electron chi connectivity index (χ2n) is 5.19. The van der Waals surface area contributed by atoms with Crippen LogP contribution in [0, 0.1) is 0 Å². The monoisotopic (exact) mass is 219 g/mol. The van der Waals surface area contributed by atoms with E-state index in [0.717, 1.165) is 0 Å². The summed E-state index contributed by atoms with van der Waals surface area (Å²) in [4.78, 5) is 0. The van der Waals surface area contributed by atoms with Crippen LogP contribution in [0.25, 0.3) is 0 Å². The molecule has 0 rings (SSSR count). The van der Waals surface area contributed by atoms with Crippen molar-refractivity contribution in [3.05, 3.63) is 0 Å². The third-order valence-corrected chi connectivity index (χ3v) is 4.85. The van der Waals surface area contributed by atoms with E-state index in [1.165, 1.54) is 0 Å². The summed E-state index contributed by atoms with van der Waals surface area (Å²) >= 11 is 0. The lowest BCUT2D eigenvalue weighted by Crippen LogP contribution is -2.37. The Labute approximate surface area is 90.9 Å². The summed E-state index contributed by atoms with van der Waals surface area (Å²) in [5, 5.41) is 0.221. The van der Waals surface area contributed by atoms with E-state index in [-0.39, 0.29) is 5.16 Å². The molecule has 3 heteroatoms. The molecule has 0 aromatic rings. The Morgan fingerprint density at radius 1 is 1.00 bits per heavy atom. The van der Waals surface area contributed by atoms with Crippen LogP contribution in [0.5, 0.6) is 0 Å². The van der Waals surface area contributed by atoms with Crippen molar-refractivity contribution in [1.29, 1.82) is 0 Å². The molecular weight excluding hydrogens is 193 g/mol. The van der Waals surface area contributed by atoms with Gasteiger partial charge in [0.05, 0.1) is 0 Å². The molecule has 14 heavy (non-hydrogen) atoms. The summed E-state index contributed by atoms with van der Waals surface area (Å²) in [6.45, 7) is 15.7. The summed E-state index contributed by atoms with van der Waals surface area (Å²) in [5.74, 6) is 0. The molecule has 0 aliphatic carbocycles. The fourth-order valence-electron chi connectivity index (χ4n) is 1.73. The maximum absolute atomic E-state index is 5.69. The first-order chi connectivity index (χ1) is 6.21. The van der Waals surface area contributed by atoms with Crippen LogP contribution in [0.1, 0.15) is 48.5 Å². The van der Waals surface area contributed by atoms with Gasteiger partial charge in [-0.3, -0.25) is 4.67 Å². The molecule has 0 aromatic heterocycles. The summed E-state index contributed by atoms with van der Waals surface area (Å²) in [6.07, 6.45) is 0. The van der Waals surface area contributed by atoms with Crippen molar-refractivity contribution in [3.8, 4) is 0 Å². The molecule has 0 bridgehead atoms. The molecule has 0 aliphatic heterocycles. The molecule has 0 aromatic carbocycles. The molecule has 1 unspecified atom stereocenters. The van der Waals surface area contributed by atoms with Crippen molar-refractivity contribution in [2.45, 2.75) is 65.7 Å². The van der Waals surface area contributed by atoms with Gasteiger partial charge in [-0.15, -0.1) is 0 Å². The Bertz CT molecular complexity index is 155. The average molecular weight is 219 g/mol. The number of rotatable bonds is 4. The molecule has 0 N–H and O–H groups in total. The van der Waals surface area contributed by atoms with Crippen molar-refractivity contribution in [3.63, 3.8) is 0 Å². The third-order valence-electron chi connectivity index (χ3n) is 2.01. The summed E-state index contributed by atoms with van der Waals surface area (Å²) in [5.41, 5.74) is 0. The van der Waals surface area contributed by atoms with Crippen LogP contribution in [0.2, 0.25) is 0 Å². The van der Waals surface area contributed by atoms with Gasteiger partial charge >= 0.3 is 0 Å². The van der Waals surface area contributed by atoms with Gasteiger partial charge in [-0.25, -0.2) is 0 Å². The summed E-state index contributed by atoms with van der Waals surface area (Å²) < 4.78 is 8.17. The van der Waals surface area contributed by atoms with Gasteiger partial charge in [0.25, 0.3) is 0 Å². The van der Waals surface area contributed by atoms with Gasteiger partial charge in [0.15, 0.2) is 0 Å². The van der Waals surface area contributed by atoms with Gasteiger partial charge in [0, 0.05) is 24.3 Å². The predicted octanol–water partition coefficient (Wildman–Crippen LogP) is 3.86. The highest BCUT2D eigenvalue weighted by atomic mass is 31.2. The molecule has 0 saturated carbocycles. The minimum Gasteiger partial charge on any atom is -0.346 e. The van der Waals surface area contributed by atoms with Crippen LogP contribution in [-0.2, 0) is 4.52 Å². The molecule has 0 saturated heterocycles. The van der Waals surface area contributed by atoms with Gasteiger partial charge in [-0.2, -0.15) is 0 Å². The lowest BCUT2D eigenvalue weighted by molar-refractivity contribution is 0.268. The Morgan fingerprint density at radius 3 is 1.43 bits per heavy atom. The van der Waals surface area contributed by atoms with Crippen LogP contribution in [0.15, 0.2) is 0 Å². The van der Waals surface area contributed by atoms with Gasteiger partial charge in [-0.1, -0.05) is 20.8 Å². The smallest absolute Gasteiger partial charge is 0.109 e. The summed E-state index contributed by atoms with van der Waals surface area (Å²) in [6, 6.07) is 1.08. The SMILES string of the molecule is COP(N(C(C)C)C(C)C)C(C)(C)C. The van der Waals surface area contributed by atoms with E-state index in [1.54, 1.807) is 0 Å². The van der Waals surface area contributed by atoms with Gasteiger partial charge < -0.3 is 4.52 Å². The molecule has 0 amide bonds. The van der Waals surface area contributed by atoms with Crippen LogP contribution in [0.3, 0.4) is 0 Å². The minimum atomic E-state index is -0.508. The summed E-state index contributed by atoms with van der Waals surface area (Å²) in [7, 11) is 1.32. The molecule has 2 nitrogen and oxygen atoms in total. The first-order valence-corrected chi connectivity index (χ1v) is 6.55. The van der Waals surface area contributed by atoms with Crippen molar-refractivity contribution in [2.24, 2.45) is 0 Å². The van der Waals surface area contributed by atoms with E-state index in [4.69, 9.17) is 4.52 Å². The van der Waals surface area contributed by atoms with Gasteiger partial charge in [0.1, 0.15) is 8.30 Å². The number of hydrogen-bond acceptors (Lipinski definition) is 2. The van der Waals surface area contributed by atoms with E-state index >= 15 is 0 Å². The van der Waals surface area contributed by atoms with Gasteiger partial charge in [0.2, 0.25) is 0 Å². The van der Waals surface area contributed by atoms with Crippen molar-refractivity contribution >= 4 is 8.30 Å². The zero-order valence-corrected chi connectivity index (χ0v) is 11.9. The first kappa shape index (κ1) is 14.3. The average Bonchev–Trinajstić information content (AvgIpc) is 1.95. The van der Waals surface area contributed by atoms with Crippen molar-refractivity contribution in [1.82, 2.24) is 4.67 Å². The Hall–Kier alpha value is 0.350. The number of nitrogens with zero attached hydrogens (tertiary/aromatic N) is 1. The van der Waals surface area contributed by atoms with Crippen molar-refractivity contribution in [2.75, 3.05) is 7.11 Å². The fraction of sp³-hybridized carbons (Fsp3) is 1.00. The Kier molecular flexibility index (Phi) is 5.57. The zero-order valence-electron chi connectivity index (χ0n) is 11.0. The Balaban J connectivity index is 4.77. The molecular formula is C11H26NOP. The predicted molar refractivity (Wildman–Crippen MR) is 65.8 cm³/mol. The van der Waals surface area contributed by atoms with Crippen LogP contribution in [-0.4, -0.2) is 29.0 Å². The maximum atomic E-state index is 5.69. The Morgan fingerprint density at radius 2 is 1.36 bits per heavy atom. The number of hydrogen-bond donors (Lipinski definition) is 0. The lowest BCUT2D eigenvalue weighted by atomic mass is 10.3. The molecule has 0 aliphatic rings. The highest BCUT2D eigenvalue weighted by Gasteiger charge is 2.33. The second kappa shape index (κ2) is 5.44. The van der Waals surface area contributed by atoms with Crippen molar-refractivity contribution < 1.29 is 4.52 Å². The lowest BCUT2D eigenvalue weighted by Gasteiger charge is -2.42. The molecule has 0 heterocycles. The maximum Gasteiger partial charge on any atom is 0.109 e. The quantitative estimate of drug-likeness (QED) is 0.666. The zero-order chi connectivity index (χ0) is 11.5. The molecule has 0 spiro atoms. The molecule has 86 valence electrons. The van der Waals surface area contributed by atoms with E-state index in [9.17, 15) is 0 Å². The van der Waals surface area contributed by atoms with Crippen LogP contribution in [0.4, 0.5) is 0 Å². The van der Waals surface area contributed by atoms with Crippen LogP contribution >= 0.6 is 8.30 Å². The van der Waals surface area contributed by atoms with Gasteiger partial charge in [-0.05, 0) is 27.7 Å². The molecule has 0 radical (unpaired) electrons.